The molecule has 0 bridgehead atoms. The maximum atomic E-state index is 13.5. The van der Waals surface area contributed by atoms with Gasteiger partial charge in [-0.3, -0.25) is 4.79 Å². The van der Waals surface area contributed by atoms with Crippen LogP contribution in [0.3, 0.4) is 0 Å². The summed E-state index contributed by atoms with van der Waals surface area (Å²) in [5.41, 5.74) is 0.643. The molecule has 138 valence electrons. The molecule has 3 rings (SSSR count). The average Bonchev–Trinajstić information content (AvgIpc) is 2.69. The Morgan fingerprint density at radius 2 is 1.35 bits per heavy atom. The first-order valence-electron chi connectivity index (χ1n) is 9.61. The fraction of sp³-hybridized carbons (Fsp3) is 0.435. The van der Waals surface area contributed by atoms with Crippen LogP contribution < -0.4 is 5.32 Å². The van der Waals surface area contributed by atoms with Gasteiger partial charge in [0.2, 0.25) is 0 Å². The molecule has 2 aromatic carbocycles. The van der Waals surface area contributed by atoms with Crippen LogP contribution in [-0.2, 0) is 14.9 Å². The number of hydrogen-bond acceptors (Lipinski definition) is 2. The largest absolute Gasteiger partial charge is 0.458 e. The van der Waals surface area contributed by atoms with Gasteiger partial charge in [-0.05, 0) is 31.9 Å². The summed E-state index contributed by atoms with van der Waals surface area (Å²) in [5.74, 6) is 0.238. The van der Waals surface area contributed by atoms with Crippen molar-refractivity contribution in [3.05, 3.63) is 71.8 Å². The molecule has 26 heavy (non-hydrogen) atoms. The molecule has 1 fully saturated rings. The molecular weight excluding hydrogens is 322 g/mol. The Morgan fingerprint density at radius 3 is 1.81 bits per heavy atom. The Labute approximate surface area is 156 Å². The minimum absolute atomic E-state index is 0.172. The zero-order valence-electron chi connectivity index (χ0n) is 16.1. The van der Waals surface area contributed by atoms with Crippen LogP contribution in [0.25, 0.3) is 0 Å². The van der Waals surface area contributed by atoms with Crippen LogP contribution >= 0.6 is 0 Å². The van der Waals surface area contributed by atoms with E-state index in [9.17, 15) is 4.79 Å². The first-order valence-corrected chi connectivity index (χ1v) is 9.61. The van der Waals surface area contributed by atoms with E-state index >= 15 is 0 Å². The molecule has 1 saturated heterocycles. The van der Waals surface area contributed by atoms with Crippen LogP contribution in [0.1, 0.15) is 44.7 Å². The van der Waals surface area contributed by atoms with Gasteiger partial charge in [-0.2, -0.15) is 0 Å². The predicted molar refractivity (Wildman–Crippen MR) is 104 cm³/mol. The fourth-order valence-corrected chi connectivity index (χ4v) is 3.99. The summed E-state index contributed by atoms with van der Waals surface area (Å²) < 4.78 is 6.20. The van der Waals surface area contributed by atoms with E-state index in [2.05, 4.69) is 19.2 Å². The highest BCUT2D eigenvalue weighted by Crippen LogP contribution is 2.37. The van der Waals surface area contributed by atoms with Gasteiger partial charge < -0.3 is 10.1 Å². The molecule has 1 heterocycles. The lowest BCUT2D eigenvalue weighted by molar-refractivity contribution is -0.665. The third-order valence-electron chi connectivity index (χ3n) is 5.89. The number of rotatable bonds is 5. The molecule has 1 aliphatic rings. The molecule has 1 aliphatic heterocycles. The van der Waals surface area contributed by atoms with Crippen LogP contribution in [-0.4, -0.2) is 24.7 Å². The van der Waals surface area contributed by atoms with Gasteiger partial charge in [0.05, 0.1) is 13.1 Å². The van der Waals surface area contributed by atoms with Gasteiger partial charge in [0.15, 0.2) is 0 Å². The number of benzene rings is 2. The molecule has 3 nitrogen and oxygen atoms in total. The summed E-state index contributed by atoms with van der Waals surface area (Å²) in [5, 5.41) is 2.34. The number of piperidine rings is 1. The Kier molecular flexibility index (Phi) is 5.47. The smallest absolute Gasteiger partial charge is 0.321 e. The highest BCUT2D eigenvalue weighted by atomic mass is 16.6. The van der Waals surface area contributed by atoms with Crippen molar-refractivity contribution in [3.63, 3.8) is 0 Å². The van der Waals surface area contributed by atoms with E-state index in [0.717, 1.165) is 37.1 Å². The predicted octanol–water partition coefficient (Wildman–Crippen LogP) is 3.29. The van der Waals surface area contributed by atoms with Gasteiger partial charge in [-0.1, -0.05) is 60.7 Å². The number of nitrogens with two attached hydrogens (primary N) is 1. The van der Waals surface area contributed by atoms with Gasteiger partial charge in [0.1, 0.15) is 11.0 Å². The first-order chi connectivity index (χ1) is 12.4. The summed E-state index contributed by atoms with van der Waals surface area (Å²) in [6.45, 7) is 8.33. The van der Waals surface area contributed by atoms with E-state index in [-0.39, 0.29) is 5.97 Å². The van der Waals surface area contributed by atoms with Crippen LogP contribution in [0.15, 0.2) is 60.7 Å². The van der Waals surface area contributed by atoms with Gasteiger partial charge in [0.25, 0.3) is 0 Å². The molecule has 0 saturated carbocycles. The van der Waals surface area contributed by atoms with E-state index in [0.29, 0.717) is 5.92 Å². The molecule has 0 radical (unpaired) electrons. The summed E-state index contributed by atoms with van der Waals surface area (Å²) in [6.07, 6.45) is 2.18. The van der Waals surface area contributed by atoms with Crippen LogP contribution in [0.5, 0.6) is 0 Å². The number of quaternary nitrogens is 1. The van der Waals surface area contributed by atoms with E-state index in [4.69, 9.17) is 4.74 Å². The fourth-order valence-electron chi connectivity index (χ4n) is 3.99. The second-order valence-corrected chi connectivity index (χ2v) is 7.99. The van der Waals surface area contributed by atoms with Gasteiger partial charge in [-0.15, -0.1) is 0 Å². The molecule has 3 heteroatoms. The Hall–Kier alpha value is -2.13. The van der Waals surface area contributed by atoms with E-state index in [1.807, 2.05) is 67.6 Å². The molecule has 0 aromatic heterocycles. The molecule has 0 unspecified atom stereocenters. The zero-order chi connectivity index (χ0) is 18.6. The molecule has 0 atom stereocenters. The number of carbonyl (C=O) groups is 1. The summed E-state index contributed by atoms with van der Waals surface area (Å²) in [7, 11) is 0. The van der Waals surface area contributed by atoms with Crippen molar-refractivity contribution in [2.24, 2.45) is 5.92 Å². The van der Waals surface area contributed by atoms with Crippen molar-refractivity contribution in [1.82, 2.24) is 0 Å². The zero-order valence-corrected chi connectivity index (χ0v) is 16.1. The summed E-state index contributed by atoms with van der Waals surface area (Å²) >= 11 is 0. The second-order valence-electron chi connectivity index (χ2n) is 7.99. The van der Waals surface area contributed by atoms with Crippen LogP contribution in [0.2, 0.25) is 0 Å². The van der Waals surface area contributed by atoms with Gasteiger partial charge >= 0.3 is 5.97 Å². The Bertz CT molecular complexity index is 679. The Morgan fingerprint density at radius 1 is 0.885 bits per heavy atom. The highest BCUT2D eigenvalue weighted by Gasteiger charge is 2.43. The average molecular weight is 352 g/mol. The van der Waals surface area contributed by atoms with Crippen molar-refractivity contribution in [2.75, 3.05) is 13.1 Å². The van der Waals surface area contributed by atoms with Gasteiger partial charge in [-0.25, -0.2) is 0 Å². The molecule has 0 aliphatic carbocycles. The normalized spacial score (nSPS) is 16.3. The number of ether oxygens (including phenoxy) is 1. The maximum absolute atomic E-state index is 13.5. The topological polar surface area (TPSA) is 42.9 Å². The number of esters is 1. The minimum atomic E-state index is -0.819. The molecule has 2 aromatic rings. The minimum Gasteiger partial charge on any atom is -0.458 e. The summed E-state index contributed by atoms with van der Waals surface area (Å²) in [4.78, 5) is 13.5. The van der Waals surface area contributed by atoms with E-state index < -0.39 is 11.0 Å². The highest BCUT2D eigenvalue weighted by molar-refractivity contribution is 5.87. The maximum Gasteiger partial charge on any atom is 0.321 e. The lowest BCUT2D eigenvalue weighted by Gasteiger charge is -2.39. The third kappa shape index (κ3) is 3.68. The SMILES string of the molecule is CC(C(=O)OC(C)(C)C1CC[NH2+]CC1)(c1ccccc1)c1ccccc1. The lowest BCUT2D eigenvalue weighted by Crippen LogP contribution is -2.86. The van der Waals surface area contributed by atoms with E-state index in [1.165, 1.54) is 0 Å². The van der Waals surface area contributed by atoms with Crippen LogP contribution in [0, 0.1) is 5.92 Å². The third-order valence-corrected chi connectivity index (χ3v) is 5.89. The van der Waals surface area contributed by atoms with Crippen molar-refractivity contribution >= 4 is 5.97 Å². The van der Waals surface area contributed by atoms with Crippen molar-refractivity contribution in [1.29, 1.82) is 0 Å². The Balaban J connectivity index is 1.93. The molecule has 0 amide bonds. The lowest BCUT2D eigenvalue weighted by atomic mass is 9.75. The van der Waals surface area contributed by atoms with Crippen molar-refractivity contribution in [3.8, 4) is 0 Å². The quantitative estimate of drug-likeness (QED) is 0.839. The van der Waals surface area contributed by atoms with Crippen LogP contribution in [0.4, 0.5) is 0 Å². The van der Waals surface area contributed by atoms with Crippen molar-refractivity contribution < 1.29 is 14.8 Å². The van der Waals surface area contributed by atoms with Crippen molar-refractivity contribution in [2.45, 2.75) is 44.6 Å². The monoisotopic (exact) mass is 352 g/mol. The van der Waals surface area contributed by atoms with E-state index in [1.54, 1.807) is 0 Å². The molecular formula is C23H30NO2+. The molecule has 0 spiro atoms. The standard InChI is InChI=1S/C23H29NO2/c1-22(2,18-14-16-24-17-15-18)26-21(25)23(3,19-10-6-4-7-11-19)20-12-8-5-9-13-20/h4-13,18,24H,14-17H2,1-3H3/p+1. The van der Waals surface area contributed by atoms with Gasteiger partial charge in [0, 0.05) is 18.8 Å². The molecule has 2 N–H and O–H groups in total. The second kappa shape index (κ2) is 7.63. The summed E-state index contributed by atoms with van der Waals surface area (Å²) in [6, 6.07) is 19.9. The number of hydrogen-bond donors (Lipinski definition) is 1. The number of carbonyl (C=O) groups excluding carboxylic acids is 1. The first kappa shape index (κ1) is 18.7.